The topological polar surface area (TPSA) is 49.2 Å². The van der Waals surface area contributed by atoms with Gasteiger partial charge in [0, 0.05) is 19.3 Å². The van der Waals surface area contributed by atoms with Crippen molar-refractivity contribution in [2.24, 2.45) is 0 Å². The Morgan fingerprint density at radius 1 is 1.20 bits per heavy atom. The van der Waals surface area contributed by atoms with Crippen molar-refractivity contribution in [3.05, 3.63) is 59.8 Å². The van der Waals surface area contributed by atoms with Crippen LogP contribution in [0.5, 0.6) is 0 Å². The van der Waals surface area contributed by atoms with Gasteiger partial charge in [-0.2, -0.15) is 5.26 Å². The van der Waals surface area contributed by atoms with Crippen molar-refractivity contribution < 1.29 is 4.74 Å². The Kier molecular flexibility index (Phi) is 3.62. The van der Waals surface area contributed by atoms with Gasteiger partial charge in [0.05, 0.1) is 12.2 Å². The van der Waals surface area contributed by atoms with E-state index in [4.69, 9.17) is 10.00 Å². The normalized spacial score (nSPS) is 18.6. The maximum atomic E-state index is 8.81. The predicted octanol–water partition coefficient (Wildman–Crippen LogP) is 2.53. The molecule has 1 aliphatic rings. The van der Waals surface area contributed by atoms with Gasteiger partial charge in [-0.25, -0.2) is 4.98 Å². The molecular weight excluding hydrogens is 250 g/mol. The lowest BCUT2D eigenvalue weighted by molar-refractivity contribution is 0.0395. The molecule has 0 radical (unpaired) electrons. The van der Waals surface area contributed by atoms with E-state index in [0.29, 0.717) is 12.2 Å². The molecule has 0 saturated carbocycles. The molecule has 0 N–H and O–H groups in total. The number of benzene rings is 1. The zero-order chi connectivity index (χ0) is 13.8. The second-order valence-electron chi connectivity index (χ2n) is 4.73. The maximum Gasteiger partial charge on any atom is 0.128 e. The van der Waals surface area contributed by atoms with Gasteiger partial charge in [-0.05, 0) is 17.7 Å². The number of anilines is 1. The van der Waals surface area contributed by atoms with Gasteiger partial charge in [0.25, 0.3) is 0 Å². The zero-order valence-electron chi connectivity index (χ0n) is 11.1. The molecule has 1 unspecified atom stereocenters. The minimum Gasteiger partial charge on any atom is -0.370 e. The number of hydrogen-bond donors (Lipinski definition) is 0. The highest BCUT2D eigenvalue weighted by molar-refractivity contribution is 5.42. The largest absolute Gasteiger partial charge is 0.370 e. The van der Waals surface area contributed by atoms with E-state index in [1.165, 1.54) is 5.56 Å². The first kappa shape index (κ1) is 12.6. The van der Waals surface area contributed by atoms with Crippen LogP contribution < -0.4 is 4.90 Å². The van der Waals surface area contributed by atoms with E-state index in [1.807, 2.05) is 24.3 Å². The molecule has 4 heteroatoms. The van der Waals surface area contributed by atoms with Gasteiger partial charge in [0.2, 0.25) is 0 Å². The standard InChI is InChI=1S/C16H15N3O/c17-10-13-6-7-16(18-11-13)19-8-9-20-15(12-19)14-4-2-1-3-5-14/h1-7,11,15H,8-9,12H2. The molecule has 1 atom stereocenters. The van der Waals surface area contributed by atoms with Crippen molar-refractivity contribution in [2.45, 2.75) is 6.10 Å². The lowest BCUT2D eigenvalue weighted by Crippen LogP contribution is -2.38. The summed E-state index contributed by atoms with van der Waals surface area (Å²) in [6, 6.07) is 16.0. The van der Waals surface area contributed by atoms with E-state index in [0.717, 1.165) is 18.9 Å². The van der Waals surface area contributed by atoms with Crippen molar-refractivity contribution in [1.82, 2.24) is 4.98 Å². The SMILES string of the molecule is N#Cc1ccc(N2CCOC(c3ccccc3)C2)nc1. The van der Waals surface area contributed by atoms with E-state index < -0.39 is 0 Å². The molecular formula is C16H15N3O. The fraction of sp³-hybridized carbons (Fsp3) is 0.250. The Morgan fingerprint density at radius 2 is 2.05 bits per heavy atom. The summed E-state index contributed by atoms with van der Waals surface area (Å²) in [7, 11) is 0. The number of rotatable bonds is 2. The van der Waals surface area contributed by atoms with E-state index >= 15 is 0 Å². The molecule has 3 rings (SSSR count). The Balaban J connectivity index is 1.76. The Hall–Kier alpha value is -2.38. The third-order valence-corrected chi connectivity index (χ3v) is 3.44. The molecule has 1 aromatic carbocycles. The second-order valence-corrected chi connectivity index (χ2v) is 4.73. The van der Waals surface area contributed by atoms with Gasteiger partial charge in [-0.3, -0.25) is 0 Å². The molecule has 2 heterocycles. The van der Waals surface area contributed by atoms with E-state index in [1.54, 1.807) is 12.3 Å². The second kappa shape index (κ2) is 5.72. The number of ether oxygens (including phenoxy) is 1. The van der Waals surface area contributed by atoms with Crippen LogP contribution in [-0.2, 0) is 4.74 Å². The van der Waals surface area contributed by atoms with Crippen molar-refractivity contribution in [1.29, 1.82) is 5.26 Å². The number of pyridine rings is 1. The van der Waals surface area contributed by atoms with Crippen molar-refractivity contribution >= 4 is 5.82 Å². The summed E-state index contributed by atoms with van der Waals surface area (Å²) in [5, 5.41) is 8.81. The van der Waals surface area contributed by atoms with E-state index in [2.05, 4.69) is 28.1 Å². The quantitative estimate of drug-likeness (QED) is 0.837. The molecule has 2 aromatic rings. The third-order valence-electron chi connectivity index (χ3n) is 3.44. The fourth-order valence-electron chi connectivity index (χ4n) is 2.37. The number of aromatic nitrogens is 1. The summed E-state index contributed by atoms with van der Waals surface area (Å²) in [6.45, 7) is 2.28. The van der Waals surface area contributed by atoms with Crippen LogP contribution in [0.1, 0.15) is 17.2 Å². The Labute approximate surface area is 118 Å². The van der Waals surface area contributed by atoms with Gasteiger partial charge in [0.1, 0.15) is 18.0 Å². The summed E-state index contributed by atoms with van der Waals surface area (Å²) in [6.07, 6.45) is 1.69. The maximum absolute atomic E-state index is 8.81. The Morgan fingerprint density at radius 3 is 2.75 bits per heavy atom. The lowest BCUT2D eigenvalue weighted by Gasteiger charge is -2.34. The number of nitriles is 1. The van der Waals surface area contributed by atoms with Gasteiger partial charge in [-0.1, -0.05) is 30.3 Å². The summed E-state index contributed by atoms with van der Waals surface area (Å²) in [5.41, 5.74) is 1.77. The van der Waals surface area contributed by atoms with Crippen LogP contribution in [0.4, 0.5) is 5.82 Å². The van der Waals surface area contributed by atoms with Crippen LogP contribution in [0.15, 0.2) is 48.7 Å². The van der Waals surface area contributed by atoms with Crippen LogP contribution in [-0.4, -0.2) is 24.7 Å². The molecule has 20 heavy (non-hydrogen) atoms. The first-order valence-electron chi connectivity index (χ1n) is 6.64. The summed E-state index contributed by atoms with van der Waals surface area (Å²) >= 11 is 0. The van der Waals surface area contributed by atoms with Crippen molar-refractivity contribution in [2.75, 3.05) is 24.6 Å². The smallest absolute Gasteiger partial charge is 0.128 e. The zero-order valence-corrected chi connectivity index (χ0v) is 11.1. The van der Waals surface area contributed by atoms with Crippen LogP contribution in [0.25, 0.3) is 0 Å². The molecule has 0 spiro atoms. The minimum atomic E-state index is 0.0717. The third kappa shape index (κ3) is 2.63. The molecule has 0 bridgehead atoms. The Bertz CT molecular complexity index is 604. The van der Waals surface area contributed by atoms with Crippen molar-refractivity contribution in [3.63, 3.8) is 0 Å². The van der Waals surface area contributed by atoms with E-state index in [9.17, 15) is 0 Å². The first-order chi connectivity index (χ1) is 9.86. The van der Waals surface area contributed by atoms with Crippen LogP contribution in [0, 0.1) is 11.3 Å². The minimum absolute atomic E-state index is 0.0717. The van der Waals surface area contributed by atoms with Crippen LogP contribution in [0.3, 0.4) is 0 Å². The number of morpholine rings is 1. The summed E-state index contributed by atoms with van der Waals surface area (Å²) < 4.78 is 5.84. The van der Waals surface area contributed by atoms with Gasteiger partial charge < -0.3 is 9.64 Å². The van der Waals surface area contributed by atoms with Crippen LogP contribution >= 0.6 is 0 Å². The average Bonchev–Trinajstić information content (AvgIpc) is 2.56. The highest BCUT2D eigenvalue weighted by Crippen LogP contribution is 2.24. The molecule has 100 valence electrons. The first-order valence-corrected chi connectivity index (χ1v) is 6.64. The highest BCUT2D eigenvalue weighted by atomic mass is 16.5. The van der Waals surface area contributed by atoms with E-state index in [-0.39, 0.29) is 6.10 Å². The lowest BCUT2D eigenvalue weighted by atomic mass is 10.1. The summed E-state index contributed by atoms with van der Waals surface area (Å²) in [4.78, 5) is 6.55. The average molecular weight is 265 g/mol. The van der Waals surface area contributed by atoms with Crippen molar-refractivity contribution in [3.8, 4) is 6.07 Å². The molecule has 1 fully saturated rings. The highest BCUT2D eigenvalue weighted by Gasteiger charge is 2.22. The fourth-order valence-corrected chi connectivity index (χ4v) is 2.37. The number of hydrogen-bond acceptors (Lipinski definition) is 4. The molecule has 1 aliphatic heterocycles. The van der Waals surface area contributed by atoms with Gasteiger partial charge >= 0.3 is 0 Å². The molecule has 4 nitrogen and oxygen atoms in total. The van der Waals surface area contributed by atoms with Gasteiger partial charge in [-0.15, -0.1) is 0 Å². The van der Waals surface area contributed by atoms with Gasteiger partial charge in [0.15, 0.2) is 0 Å². The molecule has 1 saturated heterocycles. The molecule has 0 aliphatic carbocycles. The number of nitrogens with zero attached hydrogens (tertiary/aromatic N) is 3. The predicted molar refractivity (Wildman–Crippen MR) is 76.3 cm³/mol. The summed E-state index contributed by atoms with van der Waals surface area (Å²) in [5.74, 6) is 0.897. The molecule has 1 aromatic heterocycles. The monoisotopic (exact) mass is 265 g/mol. The molecule has 0 amide bonds. The van der Waals surface area contributed by atoms with Crippen LogP contribution in [0.2, 0.25) is 0 Å².